The van der Waals surface area contributed by atoms with Gasteiger partial charge in [0.25, 0.3) is 21.5 Å². The third kappa shape index (κ3) is 5.11. The minimum Gasteiger partial charge on any atom is -0.455 e. The lowest BCUT2D eigenvalue weighted by Gasteiger charge is -2.06. The predicted octanol–water partition coefficient (Wildman–Crippen LogP) is 2.54. The van der Waals surface area contributed by atoms with Crippen LogP contribution in [-0.4, -0.2) is 40.7 Å². The Bertz CT molecular complexity index is 1780. The first-order valence-corrected chi connectivity index (χ1v) is 12.2. The van der Waals surface area contributed by atoms with Crippen LogP contribution in [0.1, 0.15) is 16.2 Å². The molecule has 12 nitrogen and oxygen atoms in total. The molecular weight excluding hydrogens is 498 g/mol. The van der Waals surface area contributed by atoms with Crippen molar-refractivity contribution in [2.45, 2.75) is 4.90 Å². The maximum atomic E-state index is 12.5. The Kier molecular flexibility index (Phi) is 6.26. The highest BCUT2D eigenvalue weighted by Gasteiger charge is 2.16. The number of fused-ring (bicyclic) bond motifs is 1. The summed E-state index contributed by atoms with van der Waals surface area (Å²) in [5, 5.41) is 10.7. The SMILES string of the molecule is O=C(N/N=C\c1ccc(-c2ccc(S(=O)(=O)Nc3ncccn3)cc2)o1)c1n[nH]c(=O)c2ccccc12. The molecule has 13 heteroatoms. The Hall–Kier alpha value is -5.17. The first-order chi connectivity index (χ1) is 17.9. The number of H-pyrrole nitrogens is 1. The molecule has 37 heavy (non-hydrogen) atoms. The van der Waals surface area contributed by atoms with Crippen LogP contribution in [0, 0.1) is 0 Å². The molecule has 2 aromatic carbocycles. The van der Waals surface area contributed by atoms with Gasteiger partial charge in [-0.15, -0.1) is 0 Å². The smallest absolute Gasteiger partial charge is 0.292 e. The lowest BCUT2D eigenvalue weighted by atomic mass is 10.1. The molecule has 0 spiro atoms. The molecule has 0 aliphatic heterocycles. The van der Waals surface area contributed by atoms with Crippen molar-refractivity contribution in [1.82, 2.24) is 25.6 Å². The molecule has 0 saturated carbocycles. The van der Waals surface area contributed by atoms with Gasteiger partial charge in [-0.3, -0.25) is 9.59 Å². The van der Waals surface area contributed by atoms with E-state index in [1.54, 1.807) is 54.6 Å². The Balaban J connectivity index is 1.26. The number of amides is 1. The van der Waals surface area contributed by atoms with E-state index in [1.165, 1.54) is 30.7 Å². The minimum atomic E-state index is -3.86. The number of benzene rings is 2. The van der Waals surface area contributed by atoms with Crippen molar-refractivity contribution in [3.8, 4) is 11.3 Å². The van der Waals surface area contributed by atoms with E-state index in [0.29, 0.717) is 27.9 Å². The van der Waals surface area contributed by atoms with Gasteiger partial charge in [0.2, 0.25) is 5.95 Å². The number of carbonyl (C=O) groups excluding carboxylic acids is 1. The standard InChI is InChI=1S/C24H17N7O5S/c32-22-19-5-2-1-4-18(19)21(28-30-22)23(33)29-27-14-16-8-11-20(36-16)15-6-9-17(10-7-15)37(34,35)31-24-25-12-3-13-26-24/h1-14H,(H,29,33)(H,30,32)(H,25,26,31)/b27-14-. The fourth-order valence-electron chi connectivity index (χ4n) is 3.40. The van der Waals surface area contributed by atoms with Crippen molar-refractivity contribution >= 4 is 38.9 Å². The molecule has 3 aromatic heterocycles. The van der Waals surface area contributed by atoms with Crippen molar-refractivity contribution in [2.24, 2.45) is 5.10 Å². The average Bonchev–Trinajstić information content (AvgIpc) is 3.38. The highest BCUT2D eigenvalue weighted by Crippen LogP contribution is 2.24. The summed E-state index contributed by atoms with van der Waals surface area (Å²) in [6.07, 6.45) is 4.16. The highest BCUT2D eigenvalue weighted by molar-refractivity contribution is 7.92. The number of aromatic nitrogens is 4. The van der Waals surface area contributed by atoms with Gasteiger partial charge in [0.15, 0.2) is 5.69 Å². The van der Waals surface area contributed by atoms with Crippen LogP contribution >= 0.6 is 0 Å². The molecule has 0 radical (unpaired) electrons. The lowest BCUT2D eigenvalue weighted by Crippen LogP contribution is -2.22. The van der Waals surface area contributed by atoms with Crippen LogP contribution in [0.5, 0.6) is 0 Å². The van der Waals surface area contributed by atoms with Crippen LogP contribution in [0.3, 0.4) is 0 Å². The van der Waals surface area contributed by atoms with Gasteiger partial charge in [0.1, 0.15) is 11.5 Å². The number of aromatic amines is 1. The molecule has 0 atom stereocenters. The van der Waals surface area contributed by atoms with Gasteiger partial charge < -0.3 is 4.42 Å². The second-order valence-electron chi connectivity index (χ2n) is 7.55. The molecule has 3 heterocycles. The van der Waals surface area contributed by atoms with Crippen molar-refractivity contribution in [2.75, 3.05) is 4.72 Å². The molecule has 184 valence electrons. The maximum Gasteiger partial charge on any atom is 0.292 e. The van der Waals surface area contributed by atoms with Gasteiger partial charge >= 0.3 is 0 Å². The van der Waals surface area contributed by atoms with E-state index in [2.05, 4.69) is 35.4 Å². The third-order valence-electron chi connectivity index (χ3n) is 5.14. The van der Waals surface area contributed by atoms with E-state index in [-0.39, 0.29) is 16.5 Å². The first kappa shape index (κ1) is 23.6. The molecule has 1 amide bonds. The predicted molar refractivity (Wildman–Crippen MR) is 134 cm³/mol. The summed E-state index contributed by atoms with van der Waals surface area (Å²) in [7, 11) is -3.86. The minimum absolute atomic E-state index is 0.0239. The molecule has 0 unspecified atom stereocenters. The second-order valence-corrected chi connectivity index (χ2v) is 9.23. The van der Waals surface area contributed by atoms with Crippen LogP contribution in [0.2, 0.25) is 0 Å². The topological polar surface area (TPSA) is 172 Å². The number of carbonyl (C=O) groups is 1. The summed E-state index contributed by atoms with van der Waals surface area (Å²) in [4.78, 5) is 32.1. The first-order valence-electron chi connectivity index (χ1n) is 10.7. The summed E-state index contributed by atoms with van der Waals surface area (Å²) >= 11 is 0. The number of sulfonamides is 1. The quantitative estimate of drug-likeness (QED) is 0.219. The van der Waals surface area contributed by atoms with Gasteiger partial charge in [-0.25, -0.2) is 33.6 Å². The van der Waals surface area contributed by atoms with E-state index in [4.69, 9.17) is 4.42 Å². The Morgan fingerprint density at radius 2 is 1.68 bits per heavy atom. The van der Waals surface area contributed by atoms with Gasteiger partial charge in [-0.05, 0) is 48.5 Å². The van der Waals surface area contributed by atoms with Crippen LogP contribution in [0.4, 0.5) is 5.95 Å². The number of hydrogen-bond donors (Lipinski definition) is 3. The lowest BCUT2D eigenvalue weighted by molar-refractivity contribution is 0.0951. The summed E-state index contributed by atoms with van der Waals surface area (Å²) in [6, 6.07) is 17.5. The second kappa shape index (κ2) is 9.83. The number of hydrogen-bond acceptors (Lipinski definition) is 9. The van der Waals surface area contributed by atoms with Crippen molar-refractivity contribution in [3.05, 3.63) is 101 Å². The van der Waals surface area contributed by atoms with E-state index in [0.717, 1.165) is 0 Å². The van der Waals surface area contributed by atoms with E-state index in [9.17, 15) is 18.0 Å². The molecule has 0 aliphatic carbocycles. The summed E-state index contributed by atoms with van der Waals surface area (Å²) in [5.41, 5.74) is 2.61. The Labute approximate surface area is 209 Å². The van der Waals surface area contributed by atoms with Gasteiger partial charge in [-0.2, -0.15) is 10.2 Å². The number of anilines is 1. The zero-order valence-corrected chi connectivity index (χ0v) is 19.6. The van der Waals surface area contributed by atoms with Crippen molar-refractivity contribution in [1.29, 1.82) is 0 Å². The van der Waals surface area contributed by atoms with Crippen molar-refractivity contribution < 1.29 is 17.6 Å². The fraction of sp³-hybridized carbons (Fsp3) is 0. The Morgan fingerprint density at radius 1 is 0.946 bits per heavy atom. The molecule has 0 bridgehead atoms. The van der Waals surface area contributed by atoms with Crippen LogP contribution in [0.15, 0.2) is 98.3 Å². The Morgan fingerprint density at radius 3 is 2.43 bits per heavy atom. The number of furan rings is 1. The van der Waals surface area contributed by atoms with Crippen molar-refractivity contribution in [3.63, 3.8) is 0 Å². The van der Waals surface area contributed by atoms with Crippen LogP contribution < -0.4 is 15.7 Å². The van der Waals surface area contributed by atoms with E-state index in [1.807, 2.05) is 0 Å². The number of nitrogens with zero attached hydrogens (tertiary/aromatic N) is 4. The van der Waals surface area contributed by atoms with E-state index >= 15 is 0 Å². The summed E-state index contributed by atoms with van der Waals surface area (Å²) in [5.74, 6) is 0.165. The molecule has 3 N–H and O–H groups in total. The van der Waals surface area contributed by atoms with Gasteiger partial charge in [-0.1, -0.05) is 18.2 Å². The maximum absolute atomic E-state index is 12.5. The molecule has 0 fully saturated rings. The van der Waals surface area contributed by atoms with E-state index < -0.39 is 21.5 Å². The zero-order chi connectivity index (χ0) is 25.8. The third-order valence-corrected chi connectivity index (χ3v) is 6.48. The number of rotatable bonds is 7. The largest absolute Gasteiger partial charge is 0.455 e. The molecule has 5 aromatic rings. The van der Waals surface area contributed by atoms with Gasteiger partial charge in [0, 0.05) is 23.3 Å². The molecule has 0 saturated heterocycles. The summed E-state index contributed by atoms with van der Waals surface area (Å²) in [6.45, 7) is 0. The number of nitrogens with one attached hydrogen (secondary N) is 3. The average molecular weight is 516 g/mol. The molecule has 5 rings (SSSR count). The molecule has 0 aliphatic rings. The van der Waals surface area contributed by atoms with Gasteiger partial charge in [0.05, 0.1) is 16.5 Å². The summed E-state index contributed by atoms with van der Waals surface area (Å²) < 4.78 is 33.1. The monoisotopic (exact) mass is 515 g/mol. The van der Waals surface area contributed by atoms with Crippen LogP contribution in [0.25, 0.3) is 22.1 Å². The highest BCUT2D eigenvalue weighted by atomic mass is 32.2. The van der Waals surface area contributed by atoms with Crippen LogP contribution in [-0.2, 0) is 10.0 Å². The normalized spacial score (nSPS) is 11.6. The zero-order valence-electron chi connectivity index (χ0n) is 18.8. The molecular formula is C24H17N7O5S. The number of hydrazone groups is 1. The fourth-order valence-corrected chi connectivity index (χ4v) is 4.36.